The first kappa shape index (κ1) is 15.5. The van der Waals surface area contributed by atoms with Gasteiger partial charge in [0, 0.05) is 30.8 Å². The fraction of sp³-hybridized carbons (Fsp3) is 0.231. The molecule has 2 aromatic rings. The SMILES string of the molecule is Cl.Cl.N#Cc1ccc(-n2ncc3c2CCNC3)cc1. The predicted molar refractivity (Wildman–Crippen MR) is 78.2 cm³/mol. The maximum Gasteiger partial charge on any atom is 0.0991 e. The van der Waals surface area contributed by atoms with Crippen LogP contribution >= 0.6 is 24.8 Å². The highest BCUT2D eigenvalue weighted by molar-refractivity contribution is 5.85. The Morgan fingerprint density at radius 3 is 2.63 bits per heavy atom. The third-order valence-corrected chi connectivity index (χ3v) is 3.05. The van der Waals surface area contributed by atoms with Gasteiger partial charge in [0.05, 0.1) is 23.5 Å². The smallest absolute Gasteiger partial charge is 0.0991 e. The maximum atomic E-state index is 8.77. The Kier molecular flexibility index (Phi) is 5.37. The van der Waals surface area contributed by atoms with E-state index < -0.39 is 0 Å². The van der Waals surface area contributed by atoms with Crippen molar-refractivity contribution in [1.29, 1.82) is 5.26 Å². The van der Waals surface area contributed by atoms with Gasteiger partial charge in [-0.25, -0.2) is 4.68 Å². The summed E-state index contributed by atoms with van der Waals surface area (Å²) in [6, 6.07) is 9.65. The summed E-state index contributed by atoms with van der Waals surface area (Å²) in [6.45, 7) is 1.89. The predicted octanol–water partition coefficient (Wildman–Crippen LogP) is 2.23. The third-order valence-electron chi connectivity index (χ3n) is 3.05. The third kappa shape index (κ3) is 2.90. The van der Waals surface area contributed by atoms with Gasteiger partial charge in [0.2, 0.25) is 0 Å². The minimum Gasteiger partial charge on any atom is -0.312 e. The zero-order valence-corrected chi connectivity index (χ0v) is 11.8. The normalized spacial score (nSPS) is 12.6. The molecule has 1 N–H and O–H groups in total. The van der Waals surface area contributed by atoms with E-state index in [9.17, 15) is 0 Å². The Morgan fingerprint density at radius 1 is 1.21 bits per heavy atom. The number of fused-ring (bicyclic) bond motifs is 1. The van der Waals surface area contributed by atoms with Crippen LogP contribution in [-0.2, 0) is 13.0 Å². The van der Waals surface area contributed by atoms with Crippen molar-refractivity contribution in [2.45, 2.75) is 13.0 Å². The number of halogens is 2. The van der Waals surface area contributed by atoms with Crippen LogP contribution in [0.4, 0.5) is 0 Å². The molecule has 0 unspecified atom stereocenters. The maximum absolute atomic E-state index is 8.77. The molecular weight excluding hydrogens is 283 g/mol. The number of hydrogen-bond acceptors (Lipinski definition) is 3. The molecule has 1 aliphatic heterocycles. The molecule has 0 atom stereocenters. The van der Waals surface area contributed by atoms with Crippen LogP contribution in [0.15, 0.2) is 30.5 Å². The summed E-state index contributed by atoms with van der Waals surface area (Å²) >= 11 is 0. The first-order valence-corrected chi connectivity index (χ1v) is 5.65. The molecule has 0 amide bonds. The summed E-state index contributed by atoms with van der Waals surface area (Å²) in [7, 11) is 0. The Morgan fingerprint density at radius 2 is 1.95 bits per heavy atom. The van der Waals surface area contributed by atoms with Crippen LogP contribution in [0.5, 0.6) is 0 Å². The second-order valence-corrected chi connectivity index (χ2v) is 4.11. The number of benzene rings is 1. The molecule has 3 rings (SSSR count). The molecule has 0 fully saturated rings. The van der Waals surface area contributed by atoms with E-state index in [0.717, 1.165) is 25.2 Å². The summed E-state index contributed by atoms with van der Waals surface area (Å²) in [5.74, 6) is 0. The van der Waals surface area contributed by atoms with Crippen molar-refractivity contribution in [2.75, 3.05) is 6.54 Å². The monoisotopic (exact) mass is 296 g/mol. The Balaban J connectivity index is 0.000000902. The second-order valence-electron chi connectivity index (χ2n) is 4.11. The van der Waals surface area contributed by atoms with E-state index in [2.05, 4.69) is 16.5 Å². The van der Waals surface area contributed by atoms with Crippen molar-refractivity contribution in [3.05, 3.63) is 47.3 Å². The van der Waals surface area contributed by atoms with E-state index in [0.29, 0.717) is 5.56 Å². The fourth-order valence-electron chi connectivity index (χ4n) is 2.15. The van der Waals surface area contributed by atoms with Crippen LogP contribution in [-0.4, -0.2) is 16.3 Å². The van der Waals surface area contributed by atoms with E-state index >= 15 is 0 Å². The van der Waals surface area contributed by atoms with Crippen molar-refractivity contribution in [3.63, 3.8) is 0 Å². The minimum absolute atomic E-state index is 0. The average molecular weight is 297 g/mol. The molecule has 1 aliphatic rings. The molecule has 0 radical (unpaired) electrons. The summed E-state index contributed by atoms with van der Waals surface area (Å²) in [6.07, 6.45) is 2.91. The average Bonchev–Trinajstić information content (AvgIpc) is 2.83. The number of rotatable bonds is 1. The summed E-state index contributed by atoms with van der Waals surface area (Å²) < 4.78 is 1.97. The summed E-state index contributed by atoms with van der Waals surface area (Å²) in [5, 5.41) is 16.5. The van der Waals surface area contributed by atoms with Gasteiger partial charge in [0.1, 0.15) is 0 Å². The van der Waals surface area contributed by atoms with Crippen LogP contribution in [0, 0.1) is 11.3 Å². The number of nitrogens with zero attached hydrogens (tertiary/aromatic N) is 3. The molecule has 1 aromatic heterocycles. The van der Waals surface area contributed by atoms with Gasteiger partial charge < -0.3 is 5.32 Å². The van der Waals surface area contributed by atoms with Crippen LogP contribution < -0.4 is 5.32 Å². The Labute approximate surface area is 124 Å². The lowest BCUT2D eigenvalue weighted by Crippen LogP contribution is -2.24. The molecule has 0 saturated carbocycles. The van der Waals surface area contributed by atoms with Gasteiger partial charge in [-0.2, -0.15) is 10.4 Å². The van der Waals surface area contributed by atoms with Gasteiger partial charge in [-0.05, 0) is 24.3 Å². The topological polar surface area (TPSA) is 53.6 Å². The van der Waals surface area contributed by atoms with Crippen LogP contribution in [0.3, 0.4) is 0 Å². The van der Waals surface area contributed by atoms with Crippen LogP contribution in [0.25, 0.3) is 5.69 Å². The first-order valence-electron chi connectivity index (χ1n) is 5.65. The molecular formula is C13H14Cl2N4. The molecule has 4 nitrogen and oxygen atoms in total. The Hall–Kier alpha value is -1.54. The molecule has 0 spiro atoms. The number of aromatic nitrogens is 2. The largest absolute Gasteiger partial charge is 0.312 e. The van der Waals surface area contributed by atoms with E-state index in [1.165, 1.54) is 11.3 Å². The van der Waals surface area contributed by atoms with Crippen LogP contribution in [0.2, 0.25) is 0 Å². The van der Waals surface area contributed by atoms with Gasteiger partial charge >= 0.3 is 0 Å². The van der Waals surface area contributed by atoms with Gasteiger partial charge in [0.15, 0.2) is 0 Å². The van der Waals surface area contributed by atoms with Crippen molar-refractivity contribution in [3.8, 4) is 11.8 Å². The Bertz CT molecular complexity index is 584. The lowest BCUT2D eigenvalue weighted by Gasteiger charge is -2.15. The van der Waals surface area contributed by atoms with E-state index in [-0.39, 0.29) is 24.8 Å². The number of nitrogens with one attached hydrogen (secondary N) is 1. The molecule has 0 aliphatic carbocycles. The van der Waals surface area contributed by atoms with Crippen molar-refractivity contribution in [2.24, 2.45) is 0 Å². The minimum atomic E-state index is 0. The molecule has 0 bridgehead atoms. The van der Waals surface area contributed by atoms with E-state index in [1.54, 1.807) is 0 Å². The van der Waals surface area contributed by atoms with E-state index in [1.807, 2.05) is 35.1 Å². The molecule has 100 valence electrons. The van der Waals surface area contributed by atoms with Gasteiger partial charge in [0.25, 0.3) is 0 Å². The van der Waals surface area contributed by atoms with Crippen molar-refractivity contribution in [1.82, 2.24) is 15.1 Å². The quantitative estimate of drug-likeness (QED) is 0.878. The van der Waals surface area contributed by atoms with E-state index in [4.69, 9.17) is 5.26 Å². The highest BCUT2D eigenvalue weighted by Crippen LogP contribution is 2.18. The van der Waals surface area contributed by atoms with Gasteiger partial charge in [-0.1, -0.05) is 0 Å². The summed E-state index contributed by atoms with van der Waals surface area (Å²) in [4.78, 5) is 0. The zero-order chi connectivity index (χ0) is 11.7. The molecule has 0 saturated heterocycles. The first-order chi connectivity index (χ1) is 8.38. The molecule has 6 heteroatoms. The lowest BCUT2D eigenvalue weighted by atomic mass is 10.1. The standard InChI is InChI=1S/C13H12N4.2ClH/c14-7-10-1-3-12(4-2-10)17-13-5-6-15-8-11(13)9-16-17;;/h1-4,9,15H,5-6,8H2;2*1H. The lowest BCUT2D eigenvalue weighted by molar-refractivity contribution is 0.623. The van der Waals surface area contributed by atoms with Gasteiger partial charge in [-0.15, -0.1) is 24.8 Å². The highest BCUT2D eigenvalue weighted by Gasteiger charge is 2.15. The second kappa shape index (κ2) is 6.58. The zero-order valence-electron chi connectivity index (χ0n) is 10.2. The number of hydrogen-bond donors (Lipinski definition) is 1. The summed E-state index contributed by atoms with van der Waals surface area (Å²) in [5.41, 5.74) is 4.23. The molecule has 1 aromatic carbocycles. The highest BCUT2D eigenvalue weighted by atomic mass is 35.5. The van der Waals surface area contributed by atoms with Crippen LogP contribution in [0.1, 0.15) is 16.8 Å². The number of nitriles is 1. The molecule has 2 heterocycles. The van der Waals surface area contributed by atoms with Crippen molar-refractivity contribution >= 4 is 24.8 Å². The van der Waals surface area contributed by atoms with Gasteiger partial charge in [-0.3, -0.25) is 0 Å². The fourth-order valence-corrected chi connectivity index (χ4v) is 2.15. The van der Waals surface area contributed by atoms with Crippen molar-refractivity contribution < 1.29 is 0 Å². The molecule has 19 heavy (non-hydrogen) atoms.